The Kier molecular flexibility index (Phi) is 9.84. The van der Waals surface area contributed by atoms with Crippen LogP contribution in [-0.4, -0.2) is 44.4 Å². The molecule has 0 saturated carbocycles. The molecule has 0 unspecified atom stereocenters. The molecule has 0 radical (unpaired) electrons. The van der Waals surface area contributed by atoms with Crippen molar-refractivity contribution >= 4 is 5.78 Å². The third kappa shape index (κ3) is 8.58. The molecule has 15 heavy (non-hydrogen) atoms. The number of nitrogens with zero attached hydrogens (tertiary/aromatic N) is 1. The Morgan fingerprint density at radius 1 is 1.20 bits per heavy atom. The third-order valence-corrected chi connectivity index (χ3v) is 2.49. The minimum absolute atomic E-state index is 0.446. The van der Waals surface area contributed by atoms with Crippen molar-refractivity contribution in [2.75, 3.05) is 33.7 Å². The molecule has 0 aliphatic carbocycles. The summed E-state index contributed by atoms with van der Waals surface area (Å²) >= 11 is 0. The lowest BCUT2D eigenvalue weighted by Crippen LogP contribution is -2.34. The van der Waals surface area contributed by atoms with Crippen molar-refractivity contribution in [3.05, 3.63) is 0 Å². The molecule has 1 saturated heterocycles. The number of unbranched alkanes of at least 4 members (excludes halogenated alkanes) is 2. The Morgan fingerprint density at radius 3 is 2.20 bits per heavy atom. The molecule has 90 valence electrons. The summed E-state index contributed by atoms with van der Waals surface area (Å²) in [5.41, 5.74) is 0. The predicted molar refractivity (Wildman–Crippen MR) is 65.2 cm³/mol. The topological polar surface area (TPSA) is 32.3 Å². The zero-order valence-electron chi connectivity index (χ0n) is 10.5. The molecule has 0 amide bonds. The van der Waals surface area contributed by atoms with E-state index in [9.17, 15) is 4.79 Å². The fourth-order valence-corrected chi connectivity index (χ4v) is 1.61. The van der Waals surface area contributed by atoms with Crippen molar-refractivity contribution in [2.24, 2.45) is 0 Å². The van der Waals surface area contributed by atoms with Crippen molar-refractivity contribution in [1.29, 1.82) is 0 Å². The highest BCUT2D eigenvalue weighted by molar-refractivity contribution is 5.79. The largest absolute Gasteiger partial charge is 0.323 e. The SMILES string of the molecule is CCCCCN1CCC(=O)CC1.CNC. The molecule has 1 aliphatic rings. The summed E-state index contributed by atoms with van der Waals surface area (Å²) in [6, 6.07) is 0. The van der Waals surface area contributed by atoms with Gasteiger partial charge in [0.15, 0.2) is 0 Å². The zero-order valence-corrected chi connectivity index (χ0v) is 10.5. The van der Waals surface area contributed by atoms with E-state index in [2.05, 4.69) is 17.1 Å². The molecule has 1 rings (SSSR count). The predicted octanol–water partition coefficient (Wildman–Crippen LogP) is 1.68. The number of piperidine rings is 1. The van der Waals surface area contributed by atoms with Gasteiger partial charge in [-0.15, -0.1) is 0 Å². The average molecular weight is 214 g/mol. The summed E-state index contributed by atoms with van der Waals surface area (Å²) in [4.78, 5) is 13.3. The minimum atomic E-state index is 0.446. The van der Waals surface area contributed by atoms with Gasteiger partial charge in [-0.1, -0.05) is 19.8 Å². The molecule has 1 N–H and O–H groups in total. The second-order valence-electron chi connectivity index (χ2n) is 4.09. The lowest BCUT2D eigenvalue weighted by Gasteiger charge is -2.25. The van der Waals surface area contributed by atoms with Gasteiger partial charge in [0.05, 0.1) is 0 Å². The van der Waals surface area contributed by atoms with Gasteiger partial charge >= 0.3 is 0 Å². The van der Waals surface area contributed by atoms with Gasteiger partial charge in [0.25, 0.3) is 0 Å². The molecular formula is C12H26N2O. The van der Waals surface area contributed by atoms with Crippen LogP contribution in [0.3, 0.4) is 0 Å². The van der Waals surface area contributed by atoms with Crippen LogP contribution in [0.5, 0.6) is 0 Å². The number of carbonyl (C=O) groups excluding carboxylic acids is 1. The highest BCUT2D eigenvalue weighted by atomic mass is 16.1. The van der Waals surface area contributed by atoms with Gasteiger partial charge in [0.1, 0.15) is 5.78 Å². The quantitative estimate of drug-likeness (QED) is 0.723. The van der Waals surface area contributed by atoms with Gasteiger partial charge < -0.3 is 10.2 Å². The van der Waals surface area contributed by atoms with Gasteiger partial charge in [-0.3, -0.25) is 4.79 Å². The second-order valence-corrected chi connectivity index (χ2v) is 4.09. The van der Waals surface area contributed by atoms with Crippen molar-refractivity contribution in [1.82, 2.24) is 10.2 Å². The Labute approximate surface area is 94.2 Å². The van der Waals surface area contributed by atoms with Crippen molar-refractivity contribution in [2.45, 2.75) is 39.0 Å². The summed E-state index contributed by atoms with van der Waals surface area (Å²) < 4.78 is 0. The molecule has 1 fully saturated rings. The highest BCUT2D eigenvalue weighted by Crippen LogP contribution is 2.07. The molecule has 1 aliphatic heterocycles. The first-order chi connectivity index (χ1) is 7.24. The Balaban J connectivity index is 0.000000583. The fourth-order valence-electron chi connectivity index (χ4n) is 1.61. The maximum atomic E-state index is 10.9. The van der Waals surface area contributed by atoms with E-state index in [1.807, 2.05) is 14.1 Å². The summed E-state index contributed by atoms with van der Waals surface area (Å²) in [7, 11) is 3.75. The summed E-state index contributed by atoms with van der Waals surface area (Å²) in [6.07, 6.45) is 5.47. The van der Waals surface area contributed by atoms with Crippen LogP contribution in [0, 0.1) is 0 Å². The zero-order chi connectivity index (χ0) is 11.5. The smallest absolute Gasteiger partial charge is 0.135 e. The number of hydrogen-bond donors (Lipinski definition) is 1. The van der Waals surface area contributed by atoms with E-state index in [1.54, 1.807) is 0 Å². The van der Waals surface area contributed by atoms with E-state index in [0.717, 1.165) is 25.9 Å². The molecule has 0 aromatic heterocycles. The first-order valence-corrected chi connectivity index (χ1v) is 6.07. The molecule has 3 nitrogen and oxygen atoms in total. The maximum absolute atomic E-state index is 10.9. The Morgan fingerprint density at radius 2 is 1.73 bits per heavy atom. The van der Waals surface area contributed by atoms with Crippen LogP contribution in [-0.2, 0) is 4.79 Å². The molecular weight excluding hydrogens is 188 g/mol. The van der Waals surface area contributed by atoms with Crippen LogP contribution >= 0.6 is 0 Å². The van der Waals surface area contributed by atoms with Crippen LogP contribution < -0.4 is 5.32 Å². The molecule has 0 spiro atoms. The number of likely N-dealkylation sites (tertiary alicyclic amines) is 1. The monoisotopic (exact) mass is 214 g/mol. The molecule has 3 heteroatoms. The standard InChI is InChI=1S/C10H19NO.C2H7N/c1-2-3-4-7-11-8-5-10(12)6-9-11;1-3-2/h2-9H2,1H3;3H,1-2H3. The van der Waals surface area contributed by atoms with Gasteiger partial charge in [0, 0.05) is 25.9 Å². The third-order valence-electron chi connectivity index (χ3n) is 2.49. The van der Waals surface area contributed by atoms with Crippen LogP contribution in [0.25, 0.3) is 0 Å². The lowest BCUT2D eigenvalue weighted by molar-refractivity contribution is -0.121. The van der Waals surface area contributed by atoms with Gasteiger partial charge in [-0.2, -0.15) is 0 Å². The number of rotatable bonds is 4. The van der Waals surface area contributed by atoms with Gasteiger partial charge in [-0.05, 0) is 27.1 Å². The molecule has 0 bridgehead atoms. The van der Waals surface area contributed by atoms with E-state index < -0.39 is 0 Å². The first-order valence-electron chi connectivity index (χ1n) is 6.07. The molecule has 0 atom stereocenters. The lowest BCUT2D eigenvalue weighted by atomic mass is 10.1. The summed E-state index contributed by atoms with van der Waals surface area (Å²) in [5, 5.41) is 2.75. The first kappa shape index (κ1) is 14.6. The molecule has 0 aromatic carbocycles. The second kappa shape index (κ2) is 10.1. The van der Waals surface area contributed by atoms with E-state index >= 15 is 0 Å². The van der Waals surface area contributed by atoms with E-state index in [1.165, 1.54) is 25.8 Å². The van der Waals surface area contributed by atoms with Gasteiger partial charge in [-0.25, -0.2) is 0 Å². The average Bonchev–Trinajstić information content (AvgIpc) is 2.23. The summed E-state index contributed by atoms with van der Waals surface area (Å²) in [6.45, 7) is 5.42. The maximum Gasteiger partial charge on any atom is 0.135 e. The minimum Gasteiger partial charge on any atom is -0.323 e. The Hall–Kier alpha value is -0.410. The number of hydrogen-bond acceptors (Lipinski definition) is 3. The summed E-state index contributed by atoms with van der Waals surface area (Å²) in [5.74, 6) is 0.446. The fraction of sp³-hybridized carbons (Fsp3) is 0.917. The Bertz CT molecular complexity index is 150. The molecule has 0 aromatic rings. The van der Waals surface area contributed by atoms with E-state index in [4.69, 9.17) is 0 Å². The van der Waals surface area contributed by atoms with Gasteiger partial charge in [0.2, 0.25) is 0 Å². The van der Waals surface area contributed by atoms with E-state index in [-0.39, 0.29) is 0 Å². The van der Waals surface area contributed by atoms with Crippen LogP contribution in [0.15, 0.2) is 0 Å². The number of nitrogens with one attached hydrogen (secondary N) is 1. The number of ketones is 1. The van der Waals surface area contributed by atoms with Crippen molar-refractivity contribution in [3.8, 4) is 0 Å². The van der Waals surface area contributed by atoms with Crippen LogP contribution in [0.2, 0.25) is 0 Å². The number of carbonyl (C=O) groups is 1. The van der Waals surface area contributed by atoms with Crippen LogP contribution in [0.4, 0.5) is 0 Å². The van der Waals surface area contributed by atoms with Crippen molar-refractivity contribution in [3.63, 3.8) is 0 Å². The van der Waals surface area contributed by atoms with Crippen molar-refractivity contribution < 1.29 is 4.79 Å². The molecule has 1 heterocycles. The normalized spacial score (nSPS) is 17.1. The number of Topliss-reactive ketones (excluding diaryl/α,β-unsaturated/α-hetero) is 1. The highest BCUT2D eigenvalue weighted by Gasteiger charge is 2.14. The van der Waals surface area contributed by atoms with E-state index in [0.29, 0.717) is 5.78 Å². The van der Waals surface area contributed by atoms with Crippen LogP contribution in [0.1, 0.15) is 39.0 Å².